The minimum atomic E-state index is 0.625. The van der Waals surface area contributed by atoms with E-state index >= 15 is 0 Å². The van der Waals surface area contributed by atoms with E-state index in [0.717, 1.165) is 5.92 Å². The zero-order valence-corrected chi connectivity index (χ0v) is 15.0. The zero-order valence-electron chi connectivity index (χ0n) is 15.0. The van der Waals surface area contributed by atoms with Crippen LogP contribution >= 0.6 is 0 Å². The Labute approximate surface area is 151 Å². The number of rotatable bonds is 3. The molecular formula is C23H28N2. The molecule has 2 heteroatoms. The number of benzene rings is 2. The quantitative estimate of drug-likeness (QED) is 0.763. The molecule has 0 N–H and O–H groups in total. The maximum Gasteiger partial charge on any atom is 0.0450 e. The normalized spacial score (nSPS) is 26.6. The first-order valence-electron chi connectivity index (χ1n) is 10.1. The molecule has 0 bridgehead atoms. The minimum absolute atomic E-state index is 0.625. The van der Waals surface area contributed by atoms with Gasteiger partial charge in [0.25, 0.3) is 0 Å². The predicted octanol–water partition coefficient (Wildman–Crippen LogP) is 5.19. The number of anilines is 2. The topological polar surface area (TPSA) is 6.48 Å². The van der Waals surface area contributed by atoms with Crippen molar-refractivity contribution in [3.63, 3.8) is 0 Å². The summed E-state index contributed by atoms with van der Waals surface area (Å²) in [6.45, 7) is 3.83. The molecule has 1 saturated carbocycles. The average Bonchev–Trinajstić information content (AvgIpc) is 3.28. The predicted molar refractivity (Wildman–Crippen MR) is 105 cm³/mol. The molecule has 2 nitrogen and oxygen atoms in total. The van der Waals surface area contributed by atoms with Gasteiger partial charge < -0.3 is 9.80 Å². The van der Waals surface area contributed by atoms with Crippen LogP contribution in [0.1, 0.15) is 43.6 Å². The fraction of sp³-hybridized carbons (Fsp3) is 0.478. The van der Waals surface area contributed by atoms with Crippen molar-refractivity contribution >= 4 is 11.4 Å². The van der Waals surface area contributed by atoms with Crippen molar-refractivity contribution in [1.82, 2.24) is 4.90 Å². The lowest BCUT2D eigenvalue weighted by Gasteiger charge is -2.40. The Kier molecular flexibility index (Phi) is 4.01. The zero-order chi connectivity index (χ0) is 16.6. The molecular weight excluding hydrogens is 304 g/mol. The summed E-state index contributed by atoms with van der Waals surface area (Å²) >= 11 is 0. The molecule has 0 unspecified atom stereocenters. The van der Waals surface area contributed by atoms with E-state index in [2.05, 4.69) is 64.4 Å². The van der Waals surface area contributed by atoms with Crippen LogP contribution in [-0.4, -0.2) is 30.6 Å². The summed E-state index contributed by atoms with van der Waals surface area (Å²) in [6, 6.07) is 20.7. The highest BCUT2D eigenvalue weighted by Gasteiger charge is 2.42. The number of hydrogen-bond donors (Lipinski definition) is 0. The standard InChI is InChI=1S/C23H28N2/c1-2-10-19(11-3-1)25-22-13-7-6-12-20(22)21-17-24(15-14-23(21)25)16-18-8-4-5-9-18/h1-3,6-7,10-13,18,21,23H,4-5,8-9,14-17H2/t21-,23+/m1/s1. The van der Waals surface area contributed by atoms with Crippen molar-refractivity contribution in [3.05, 3.63) is 60.2 Å². The van der Waals surface area contributed by atoms with Crippen molar-refractivity contribution in [2.45, 2.75) is 44.1 Å². The largest absolute Gasteiger partial charge is 0.337 e. The number of para-hydroxylation sites is 2. The van der Waals surface area contributed by atoms with Crippen LogP contribution < -0.4 is 4.90 Å². The van der Waals surface area contributed by atoms with Gasteiger partial charge in [0.05, 0.1) is 0 Å². The van der Waals surface area contributed by atoms with Gasteiger partial charge >= 0.3 is 0 Å². The van der Waals surface area contributed by atoms with E-state index < -0.39 is 0 Å². The van der Waals surface area contributed by atoms with Crippen LogP contribution in [0.2, 0.25) is 0 Å². The lowest BCUT2D eigenvalue weighted by Crippen LogP contribution is -2.46. The van der Waals surface area contributed by atoms with Crippen molar-refractivity contribution in [3.8, 4) is 0 Å². The first-order chi connectivity index (χ1) is 12.4. The monoisotopic (exact) mass is 332 g/mol. The lowest BCUT2D eigenvalue weighted by molar-refractivity contribution is 0.171. The molecule has 0 aromatic heterocycles. The molecule has 25 heavy (non-hydrogen) atoms. The summed E-state index contributed by atoms with van der Waals surface area (Å²) in [5, 5.41) is 0. The molecule has 2 atom stereocenters. The molecule has 3 aliphatic rings. The first-order valence-corrected chi connectivity index (χ1v) is 10.1. The summed E-state index contributed by atoms with van der Waals surface area (Å²) in [5.41, 5.74) is 4.35. The summed E-state index contributed by atoms with van der Waals surface area (Å²) in [6.07, 6.45) is 7.10. The maximum atomic E-state index is 2.77. The van der Waals surface area contributed by atoms with Crippen LogP contribution in [-0.2, 0) is 0 Å². The van der Waals surface area contributed by atoms with Gasteiger partial charge in [0, 0.05) is 43.0 Å². The molecule has 2 fully saturated rings. The summed E-state index contributed by atoms with van der Waals surface area (Å²) < 4.78 is 0. The Morgan fingerprint density at radius 1 is 0.840 bits per heavy atom. The van der Waals surface area contributed by atoms with E-state index in [1.54, 1.807) is 5.56 Å². The van der Waals surface area contributed by atoms with Gasteiger partial charge in [0.15, 0.2) is 0 Å². The van der Waals surface area contributed by atoms with Gasteiger partial charge in [-0.25, -0.2) is 0 Å². The van der Waals surface area contributed by atoms with E-state index in [9.17, 15) is 0 Å². The number of piperidine rings is 1. The van der Waals surface area contributed by atoms with Crippen LogP contribution in [0.15, 0.2) is 54.6 Å². The molecule has 1 aliphatic carbocycles. The van der Waals surface area contributed by atoms with E-state index in [1.807, 2.05) is 0 Å². The van der Waals surface area contributed by atoms with Gasteiger partial charge in [0.2, 0.25) is 0 Å². The van der Waals surface area contributed by atoms with Crippen molar-refractivity contribution < 1.29 is 0 Å². The Morgan fingerprint density at radius 3 is 2.44 bits per heavy atom. The maximum absolute atomic E-state index is 2.77. The summed E-state index contributed by atoms with van der Waals surface area (Å²) in [5.74, 6) is 1.62. The van der Waals surface area contributed by atoms with Crippen LogP contribution in [0.3, 0.4) is 0 Å². The molecule has 2 aromatic rings. The third kappa shape index (κ3) is 2.77. The number of fused-ring (bicyclic) bond motifs is 3. The Hall–Kier alpha value is -1.80. The second-order valence-electron chi connectivity index (χ2n) is 8.14. The third-order valence-electron chi connectivity index (χ3n) is 6.61. The van der Waals surface area contributed by atoms with Crippen LogP contribution in [0, 0.1) is 5.92 Å². The Morgan fingerprint density at radius 2 is 1.60 bits per heavy atom. The molecule has 0 spiro atoms. The molecule has 2 aliphatic heterocycles. The molecule has 0 amide bonds. The minimum Gasteiger partial charge on any atom is -0.337 e. The van der Waals surface area contributed by atoms with Gasteiger partial charge in [-0.05, 0) is 48.9 Å². The fourth-order valence-corrected chi connectivity index (χ4v) is 5.46. The molecule has 130 valence electrons. The van der Waals surface area contributed by atoms with Gasteiger partial charge in [-0.1, -0.05) is 49.2 Å². The smallest absolute Gasteiger partial charge is 0.0450 e. The van der Waals surface area contributed by atoms with Gasteiger partial charge in [-0.15, -0.1) is 0 Å². The first kappa shape index (κ1) is 15.5. The van der Waals surface area contributed by atoms with E-state index in [1.165, 1.54) is 63.1 Å². The highest BCUT2D eigenvalue weighted by atomic mass is 15.2. The second kappa shape index (κ2) is 6.49. The number of nitrogens with zero attached hydrogens (tertiary/aromatic N) is 2. The molecule has 2 heterocycles. The second-order valence-corrected chi connectivity index (χ2v) is 8.14. The lowest BCUT2D eigenvalue weighted by atomic mass is 9.88. The Balaban J connectivity index is 1.43. The third-order valence-corrected chi connectivity index (χ3v) is 6.61. The van der Waals surface area contributed by atoms with E-state index in [4.69, 9.17) is 0 Å². The van der Waals surface area contributed by atoms with Crippen LogP contribution in [0.4, 0.5) is 11.4 Å². The van der Waals surface area contributed by atoms with Gasteiger partial charge in [-0.2, -0.15) is 0 Å². The highest BCUT2D eigenvalue weighted by Crippen LogP contribution is 2.48. The molecule has 0 radical (unpaired) electrons. The highest BCUT2D eigenvalue weighted by molar-refractivity contribution is 5.72. The van der Waals surface area contributed by atoms with E-state index in [-0.39, 0.29) is 0 Å². The molecule has 2 aromatic carbocycles. The van der Waals surface area contributed by atoms with Crippen molar-refractivity contribution in [2.24, 2.45) is 5.92 Å². The average molecular weight is 332 g/mol. The number of likely N-dealkylation sites (tertiary alicyclic amines) is 1. The molecule has 1 saturated heterocycles. The van der Waals surface area contributed by atoms with E-state index in [0.29, 0.717) is 12.0 Å². The molecule has 5 rings (SSSR count). The number of hydrogen-bond acceptors (Lipinski definition) is 2. The Bertz CT molecular complexity index is 720. The van der Waals surface area contributed by atoms with Crippen molar-refractivity contribution in [2.75, 3.05) is 24.5 Å². The van der Waals surface area contributed by atoms with Gasteiger partial charge in [0.1, 0.15) is 0 Å². The van der Waals surface area contributed by atoms with Crippen molar-refractivity contribution in [1.29, 1.82) is 0 Å². The SMILES string of the molecule is c1ccc(N2c3ccccc3[C@H]3CN(CC4CCCC4)CC[C@@H]32)cc1. The van der Waals surface area contributed by atoms with Crippen LogP contribution in [0.5, 0.6) is 0 Å². The fourth-order valence-electron chi connectivity index (χ4n) is 5.46. The summed E-state index contributed by atoms with van der Waals surface area (Å²) in [7, 11) is 0. The van der Waals surface area contributed by atoms with Gasteiger partial charge in [-0.3, -0.25) is 0 Å². The summed E-state index contributed by atoms with van der Waals surface area (Å²) in [4.78, 5) is 5.38. The van der Waals surface area contributed by atoms with Crippen LogP contribution in [0.25, 0.3) is 0 Å².